The number of anilines is 1. The number of nitrogens with two attached hydrogens (primary N) is 1. The molecule has 2 aromatic heterocycles. The van der Waals surface area contributed by atoms with Gasteiger partial charge in [-0.1, -0.05) is 24.1 Å². The van der Waals surface area contributed by atoms with Crippen LogP contribution in [0.15, 0.2) is 33.9 Å². The maximum atomic E-state index is 14.1. The van der Waals surface area contributed by atoms with Gasteiger partial charge in [0.15, 0.2) is 0 Å². The Balaban J connectivity index is 1.80. The van der Waals surface area contributed by atoms with E-state index in [4.69, 9.17) is 5.73 Å². The highest BCUT2D eigenvalue weighted by Gasteiger charge is 2.34. The van der Waals surface area contributed by atoms with E-state index in [0.29, 0.717) is 41.1 Å². The first-order chi connectivity index (χ1) is 18.8. The van der Waals surface area contributed by atoms with Gasteiger partial charge in [-0.05, 0) is 50.7 Å². The van der Waals surface area contributed by atoms with Crippen LogP contribution in [-0.2, 0) is 20.1 Å². The number of carbonyl (C=O) groups excluding carboxylic acids is 1. The molecule has 10 nitrogen and oxygen atoms in total. The summed E-state index contributed by atoms with van der Waals surface area (Å²) in [5, 5.41) is 12.7. The summed E-state index contributed by atoms with van der Waals surface area (Å²) in [5.74, 6) is 6.22. The summed E-state index contributed by atoms with van der Waals surface area (Å²) >= 11 is 0. The summed E-state index contributed by atoms with van der Waals surface area (Å²) in [6.45, 7) is 3.03. The molecule has 1 aromatic carbocycles. The van der Waals surface area contributed by atoms with E-state index in [1.54, 1.807) is 42.8 Å². The van der Waals surface area contributed by atoms with Gasteiger partial charge in [-0.3, -0.25) is 18.7 Å². The number of nitrogens with zero attached hydrogens (tertiary/aromatic N) is 5. The van der Waals surface area contributed by atoms with Gasteiger partial charge in [0.2, 0.25) is 0 Å². The number of amides is 1. The second-order valence-corrected chi connectivity index (χ2v) is 10.4. The van der Waals surface area contributed by atoms with Crippen LogP contribution in [0.2, 0.25) is 0 Å². The number of aryl methyl sites for hydroxylation is 1. The Bertz CT molecular complexity index is 1660. The third-order valence-corrected chi connectivity index (χ3v) is 7.82. The van der Waals surface area contributed by atoms with Crippen molar-refractivity contribution in [2.75, 3.05) is 18.0 Å². The summed E-state index contributed by atoms with van der Waals surface area (Å²) in [6, 6.07) is 9.02. The van der Waals surface area contributed by atoms with Gasteiger partial charge in [-0.15, -0.1) is 5.92 Å². The van der Waals surface area contributed by atoms with Crippen LogP contribution < -0.4 is 27.2 Å². The highest BCUT2D eigenvalue weighted by molar-refractivity contribution is 6.11. The van der Waals surface area contributed by atoms with Gasteiger partial charge in [-0.25, -0.2) is 4.79 Å². The summed E-state index contributed by atoms with van der Waals surface area (Å²) in [4.78, 5) is 43.7. The van der Waals surface area contributed by atoms with Gasteiger partial charge in [0.25, 0.3) is 11.5 Å². The Labute approximate surface area is 226 Å². The van der Waals surface area contributed by atoms with Gasteiger partial charge in [0.1, 0.15) is 16.9 Å². The van der Waals surface area contributed by atoms with Crippen LogP contribution in [0.5, 0.6) is 0 Å². The molecule has 39 heavy (non-hydrogen) atoms. The number of fused-ring (bicyclic) bond motifs is 1. The smallest absolute Gasteiger partial charge is 0.331 e. The van der Waals surface area contributed by atoms with Crippen LogP contribution in [0.3, 0.4) is 0 Å². The van der Waals surface area contributed by atoms with Crippen LogP contribution in [0.1, 0.15) is 60.5 Å². The minimum absolute atomic E-state index is 0.0661. The summed E-state index contributed by atoms with van der Waals surface area (Å²) < 4.78 is 4.28. The molecule has 202 valence electrons. The van der Waals surface area contributed by atoms with Crippen LogP contribution in [0, 0.1) is 23.2 Å². The molecule has 1 unspecified atom stereocenters. The van der Waals surface area contributed by atoms with Crippen LogP contribution >= 0.6 is 0 Å². The monoisotopic (exact) mass is 527 g/mol. The molecule has 10 heteroatoms. The molecule has 1 aliphatic carbocycles. The molecule has 3 N–H and O–H groups in total. The lowest BCUT2D eigenvalue weighted by Gasteiger charge is -2.34. The predicted molar refractivity (Wildman–Crippen MR) is 150 cm³/mol. The van der Waals surface area contributed by atoms with E-state index >= 15 is 0 Å². The van der Waals surface area contributed by atoms with Crippen LogP contribution in [-0.4, -0.2) is 44.8 Å². The zero-order chi connectivity index (χ0) is 27.7. The predicted octanol–water partition coefficient (Wildman–Crippen LogP) is 1.65. The molecule has 0 radical (unpaired) electrons. The number of rotatable bonds is 6. The summed E-state index contributed by atoms with van der Waals surface area (Å²) in [7, 11) is 1.58. The molecule has 3 aromatic rings. The van der Waals surface area contributed by atoms with Crippen molar-refractivity contribution < 1.29 is 4.79 Å². The first kappa shape index (κ1) is 26.3. The van der Waals surface area contributed by atoms with E-state index in [9.17, 15) is 19.6 Å². The molecule has 1 saturated heterocycles. The minimum atomic E-state index is -0.557. The van der Waals surface area contributed by atoms with E-state index in [-0.39, 0.29) is 36.6 Å². The molecule has 1 saturated carbocycles. The van der Waals surface area contributed by atoms with Crippen molar-refractivity contribution in [1.82, 2.24) is 19.0 Å². The molecular weight excluding hydrogens is 494 g/mol. The largest absolute Gasteiger partial charge is 0.356 e. The fraction of sp³-hybridized carbons (Fsp3) is 0.448. The standard InChI is InChI=1S/C29H33N7O3/c1-3-4-15-35-25-24(33(2)29(39)36(28(25)38)17-20-10-6-5-9-19(20)16-30)23(26(37)32-22-12-7-13-22)27(35)34-14-8-11-21(31)18-34/h5-6,9-10,21-22H,7-8,11-15,17-18,31H2,1-2H3,(H,32,37). The second kappa shape index (κ2) is 10.8. The van der Waals surface area contributed by atoms with Crippen molar-refractivity contribution in [3.8, 4) is 17.9 Å². The highest BCUT2D eigenvalue weighted by Crippen LogP contribution is 2.33. The number of hydrogen-bond acceptors (Lipinski definition) is 6. The number of benzene rings is 1. The van der Waals surface area contributed by atoms with Gasteiger partial charge >= 0.3 is 5.69 Å². The first-order valence-electron chi connectivity index (χ1n) is 13.4. The molecule has 2 aliphatic rings. The Kier molecular flexibility index (Phi) is 7.32. The van der Waals surface area contributed by atoms with Crippen molar-refractivity contribution in [1.29, 1.82) is 5.26 Å². The fourth-order valence-corrected chi connectivity index (χ4v) is 5.57. The lowest BCUT2D eigenvalue weighted by atomic mass is 9.93. The number of nitriles is 1. The topological polar surface area (TPSA) is 131 Å². The molecule has 3 heterocycles. The quantitative estimate of drug-likeness (QED) is 0.469. The Morgan fingerprint density at radius 3 is 2.56 bits per heavy atom. The lowest BCUT2D eigenvalue weighted by Crippen LogP contribution is -2.45. The maximum Gasteiger partial charge on any atom is 0.331 e. The molecular formula is C29H33N7O3. The van der Waals surface area contributed by atoms with Gasteiger partial charge in [-0.2, -0.15) is 5.26 Å². The van der Waals surface area contributed by atoms with Crippen molar-refractivity contribution in [2.45, 2.75) is 64.2 Å². The molecule has 1 atom stereocenters. The second-order valence-electron chi connectivity index (χ2n) is 10.4. The number of piperidine rings is 1. The van der Waals surface area contributed by atoms with E-state index in [2.05, 4.69) is 28.1 Å². The third-order valence-electron chi connectivity index (χ3n) is 7.82. The van der Waals surface area contributed by atoms with E-state index < -0.39 is 11.2 Å². The maximum absolute atomic E-state index is 14.1. The minimum Gasteiger partial charge on any atom is -0.356 e. The number of carbonyl (C=O) groups is 1. The summed E-state index contributed by atoms with van der Waals surface area (Å²) in [6.07, 6.45) is 4.58. The molecule has 1 amide bonds. The summed E-state index contributed by atoms with van der Waals surface area (Å²) in [5.41, 5.74) is 7.05. The van der Waals surface area contributed by atoms with Crippen molar-refractivity contribution in [2.24, 2.45) is 12.8 Å². The fourth-order valence-electron chi connectivity index (χ4n) is 5.57. The van der Waals surface area contributed by atoms with Crippen LogP contribution in [0.25, 0.3) is 11.0 Å². The average molecular weight is 528 g/mol. The normalized spacial score (nSPS) is 17.3. The van der Waals surface area contributed by atoms with Crippen molar-refractivity contribution in [3.05, 3.63) is 61.8 Å². The van der Waals surface area contributed by atoms with Crippen LogP contribution in [0.4, 0.5) is 5.82 Å². The number of aromatic nitrogens is 3. The van der Waals surface area contributed by atoms with E-state index in [0.717, 1.165) is 36.7 Å². The Morgan fingerprint density at radius 1 is 1.13 bits per heavy atom. The molecule has 1 aliphatic heterocycles. The first-order valence-corrected chi connectivity index (χ1v) is 13.4. The van der Waals surface area contributed by atoms with Gasteiger partial charge in [0, 0.05) is 32.2 Å². The number of hydrogen-bond donors (Lipinski definition) is 2. The van der Waals surface area contributed by atoms with Crippen molar-refractivity contribution >= 4 is 22.8 Å². The van der Waals surface area contributed by atoms with E-state index in [1.807, 2.05) is 0 Å². The Hall–Kier alpha value is -4.28. The number of nitrogens with one attached hydrogen (secondary N) is 1. The molecule has 0 spiro atoms. The zero-order valence-electron chi connectivity index (χ0n) is 22.4. The highest BCUT2D eigenvalue weighted by atomic mass is 16.2. The van der Waals surface area contributed by atoms with E-state index in [1.165, 1.54) is 4.57 Å². The Morgan fingerprint density at radius 2 is 1.90 bits per heavy atom. The molecule has 5 rings (SSSR count). The van der Waals surface area contributed by atoms with Crippen molar-refractivity contribution in [3.63, 3.8) is 0 Å². The average Bonchev–Trinajstić information content (AvgIpc) is 3.26. The van der Waals surface area contributed by atoms with Gasteiger partial charge < -0.3 is 20.5 Å². The SMILES string of the molecule is CC#CCn1c(N2CCCC(N)C2)c(C(=O)NC2CCC2)c2c1c(=O)n(Cc1ccccc1C#N)c(=O)n2C. The molecule has 2 fully saturated rings. The molecule has 0 bridgehead atoms. The zero-order valence-corrected chi connectivity index (χ0v) is 22.4. The lowest BCUT2D eigenvalue weighted by molar-refractivity contribution is 0.0918. The van der Waals surface area contributed by atoms with Gasteiger partial charge in [0.05, 0.1) is 30.2 Å². The third kappa shape index (κ3) is 4.73.